The Morgan fingerprint density at radius 2 is 2.29 bits per heavy atom. The molecule has 0 atom stereocenters. The molecular weight excluding hydrogens is 188 g/mol. The normalized spacial score (nSPS) is 10.4. The average Bonchev–Trinajstić information content (AvgIpc) is 2.71. The van der Waals surface area contributed by atoms with E-state index in [1.807, 2.05) is 0 Å². The molecule has 0 spiro atoms. The fourth-order valence-corrected chi connectivity index (χ4v) is 0.999. The van der Waals surface area contributed by atoms with Crippen molar-refractivity contribution in [2.45, 2.75) is 6.92 Å². The van der Waals surface area contributed by atoms with Gasteiger partial charge in [-0.15, -0.1) is 0 Å². The molecule has 6 heteroatoms. The number of furan rings is 1. The molecular formula is C8H6N2O4. The number of hydrogen-bond donors (Lipinski definition) is 1. The van der Waals surface area contributed by atoms with Gasteiger partial charge in [-0.05, 0) is 17.6 Å². The van der Waals surface area contributed by atoms with Gasteiger partial charge in [0.2, 0.25) is 0 Å². The first kappa shape index (κ1) is 8.49. The van der Waals surface area contributed by atoms with Crippen LogP contribution in [0.25, 0.3) is 11.5 Å². The second-order valence-electron chi connectivity index (χ2n) is 2.70. The maximum absolute atomic E-state index is 10.5. The summed E-state index contributed by atoms with van der Waals surface area (Å²) in [6.07, 6.45) is 2.94. The van der Waals surface area contributed by atoms with E-state index in [0.717, 1.165) is 5.56 Å². The summed E-state index contributed by atoms with van der Waals surface area (Å²) in [5, 5.41) is 11.8. The highest BCUT2D eigenvalue weighted by Gasteiger charge is 2.16. The molecule has 0 aliphatic rings. The number of aryl methyl sites for hydroxylation is 1. The third-order valence-electron chi connectivity index (χ3n) is 1.70. The molecule has 0 fully saturated rings. The summed E-state index contributed by atoms with van der Waals surface area (Å²) in [6, 6.07) is 0. The van der Waals surface area contributed by atoms with Crippen LogP contribution in [0.5, 0.6) is 0 Å². The number of aromatic nitrogens is 2. The summed E-state index contributed by atoms with van der Waals surface area (Å²) < 4.78 is 9.64. The van der Waals surface area contributed by atoms with Crippen LogP contribution < -0.4 is 0 Å². The van der Waals surface area contributed by atoms with Crippen LogP contribution in [-0.2, 0) is 0 Å². The highest BCUT2D eigenvalue weighted by atomic mass is 16.5. The fraction of sp³-hybridized carbons (Fsp3) is 0.125. The van der Waals surface area contributed by atoms with E-state index in [0.29, 0.717) is 5.56 Å². The smallest absolute Gasteiger partial charge is 0.377 e. The monoisotopic (exact) mass is 194 g/mol. The van der Waals surface area contributed by atoms with Gasteiger partial charge in [0.25, 0.3) is 11.7 Å². The summed E-state index contributed by atoms with van der Waals surface area (Å²) in [5.41, 5.74) is 1.41. The molecule has 6 nitrogen and oxygen atoms in total. The Morgan fingerprint density at radius 3 is 2.79 bits per heavy atom. The van der Waals surface area contributed by atoms with E-state index in [-0.39, 0.29) is 11.7 Å². The summed E-state index contributed by atoms with van der Waals surface area (Å²) >= 11 is 0. The zero-order valence-corrected chi connectivity index (χ0v) is 7.22. The maximum Gasteiger partial charge on any atom is 0.377 e. The van der Waals surface area contributed by atoms with Crippen molar-refractivity contribution >= 4 is 5.97 Å². The highest BCUT2D eigenvalue weighted by molar-refractivity contribution is 5.83. The number of hydrogen-bond acceptors (Lipinski definition) is 5. The lowest BCUT2D eigenvalue weighted by Crippen LogP contribution is -1.98. The molecule has 0 aliphatic heterocycles. The molecule has 0 aromatic carbocycles. The molecule has 14 heavy (non-hydrogen) atoms. The van der Waals surface area contributed by atoms with Gasteiger partial charge in [-0.2, -0.15) is 4.98 Å². The van der Waals surface area contributed by atoms with Crippen molar-refractivity contribution in [2.75, 3.05) is 0 Å². The van der Waals surface area contributed by atoms with Crippen molar-refractivity contribution in [3.8, 4) is 11.5 Å². The Bertz CT molecular complexity index is 471. The molecule has 0 radical (unpaired) electrons. The number of carbonyl (C=O) groups is 1. The third kappa shape index (κ3) is 1.26. The lowest BCUT2D eigenvalue weighted by molar-refractivity contribution is 0.0680. The van der Waals surface area contributed by atoms with Crippen LogP contribution in [0.2, 0.25) is 0 Å². The molecule has 2 heterocycles. The van der Waals surface area contributed by atoms with Gasteiger partial charge in [-0.25, -0.2) is 4.79 Å². The van der Waals surface area contributed by atoms with Gasteiger partial charge in [-0.3, -0.25) is 0 Å². The average molecular weight is 194 g/mol. The van der Waals surface area contributed by atoms with Crippen LogP contribution in [0.3, 0.4) is 0 Å². The topological polar surface area (TPSA) is 89.4 Å². The van der Waals surface area contributed by atoms with Crippen molar-refractivity contribution in [3.05, 3.63) is 23.9 Å². The zero-order valence-electron chi connectivity index (χ0n) is 7.22. The lowest BCUT2D eigenvalue weighted by atomic mass is 10.2. The van der Waals surface area contributed by atoms with Crippen molar-refractivity contribution in [2.24, 2.45) is 0 Å². The van der Waals surface area contributed by atoms with Gasteiger partial charge < -0.3 is 14.0 Å². The van der Waals surface area contributed by atoms with Crippen LogP contribution in [-0.4, -0.2) is 21.2 Å². The number of carboxylic acids is 1. The van der Waals surface area contributed by atoms with Crippen molar-refractivity contribution in [3.63, 3.8) is 0 Å². The maximum atomic E-state index is 10.5. The Labute approximate surface area is 78.2 Å². The van der Waals surface area contributed by atoms with Crippen LogP contribution in [0, 0.1) is 6.92 Å². The van der Waals surface area contributed by atoms with E-state index < -0.39 is 5.97 Å². The van der Waals surface area contributed by atoms with Gasteiger partial charge in [0.15, 0.2) is 0 Å². The van der Waals surface area contributed by atoms with Crippen molar-refractivity contribution < 1.29 is 18.8 Å². The SMILES string of the molecule is Cc1cocc1-c1nc(C(=O)O)no1. The molecule has 2 aromatic rings. The standard InChI is InChI=1S/C8H6N2O4/c1-4-2-13-3-5(4)7-9-6(8(11)12)10-14-7/h2-3H,1H3,(H,11,12). The van der Waals surface area contributed by atoms with Crippen LogP contribution in [0.15, 0.2) is 21.5 Å². The number of nitrogens with zero attached hydrogens (tertiary/aromatic N) is 2. The molecule has 0 bridgehead atoms. The van der Waals surface area contributed by atoms with Crippen LogP contribution in [0.4, 0.5) is 0 Å². The van der Waals surface area contributed by atoms with Crippen molar-refractivity contribution in [1.82, 2.24) is 10.1 Å². The Balaban J connectivity index is 2.43. The minimum Gasteiger partial charge on any atom is -0.475 e. The van der Waals surface area contributed by atoms with E-state index in [1.165, 1.54) is 12.5 Å². The number of rotatable bonds is 2. The van der Waals surface area contributed by atoms with Crippen LogP contribution in [0.1, 0.15) is 16.2 Å². The largest absolute Gasteiger partial charge is 0.475 e. The minimum atomic E-state index is -1.22. The molecule has 1 N–H and O–H groups in total. The zero-order chi connectivity index (χ0) is 10.1. The number of aromatic carboxylic acids is 1. The van der Waals surface area contributed by atoms with Gasteiger partial charge in [0, 0.05) is 0 Å². The first-order valence-corrected chi connectivity index (χ1v) is 3.78. The molecule has 0 unspecified atom stereocenters. The second-order valence-corrected chi connectivity index (χ2v) is 2.70. The predicted molar refractivity (Wildman–Crippen MR) is 43.7 cm³/mol. The third-order valence-corrected chi connectivity index (χ3v) is 1.70. The van der Waals surface area contributed by atoms with Crippen molar-refractivity contribution in [1.29, 1.82) is 0 Å². The lowest BCUT2D eigenvalue weighted by Gasteiger charge is -1.86. The molecule has 0 aliphatic carbocycles. The summed E-state index contributed by atoms with van der Waals surface area (Å²) in [7, 11) is 0. The molecule has 2 rings (SSSR count). The predicted octanol–water partition coefficient (Wildman–Crippen LogP) is 1.34. The molecule has 0 amide bonds. The quantitative estimate of drug-likeness (QED) is 0.775. The van der Waals surface area contributed by atoms with E-state index in [1.54, 1.807) is 6.92 Å². The van der Waals surface area contributed by atoms with Gasteiger partial charge >= 0.3 is 5.97 Å². The summed E-state index contributed by atoms with van der Waals surface area (Å²) in [5.74, 6) is -1.43. The van der Waals surface area contributed by atoms with E-state index in [9.17, 15) is 4.79 Å². The van der Waals surface area contributed by atoms with Gasteiger partial charge in [0.1, 0.15) is 6.26 Å². The summed E-state index contributed by atoms with van der Waals surface area (Å²) in [6.45, 7) is 1.80. The first-order chi connectivity index (χ1) is 6.68. The van der Waals surface area contributed by atoms with E-state index in [4.69, 9.17) is 14.0 Å². The molecule has 2 aromatic heterocycles. The Kier molecular flexibility index (Phi) is 1.81. The minimum absolute atomic E-state index is 0.147. The van der Waals surface area contributed by atoms with E-state index >= 15 is 0 Å². The molecule has 0 saturated heterocycles. The van der Waals surface area contributed by atoms with Gasteiger partial charge in [-0.1, -0.05) is 0 Å². The Hall–Kier alpha value is -2.11. The fourth-order valence-electron chi connectivity index (χ4n) is 0.999. The van der Waals surface area contributed by atoms with E-state index in [2.05, 4.69) is 10.1 Å². The van der Waals surface area contributed by atoms with Gasteiger partial charge in [0.05, 0.1) is 11.8 Å². The highest BCUT2D eigenvalue weighted by Crippen LogP contribution is 2.21. The molecule has 0 saturated carbocycles. The number of carboxylic acid groups (broad SMARTS) is 1. The second kappa shape index (κ2) is 2.99. The molecule has 72 valence electrons. The Morgan fingerprint density at radius 1 is 1.50 bits per heavy atom. The van der Waals surface area contributed by atoms with Crippen LogP contribution >= 0.6 is 0 Å². The first-order valence-electron chi connectivity index (χ1n) is 3.78. The summed E-state index contributed by atoms with van der Waals surface area (Å²) in [4.78, 5) is 14.1.